The van der Waals surface area contributed by atoms with Crippen molar-refractivity contribution in [2.75, 3.05) is 25.5 Å². The van der Waals surface area contributed by atoms with Crippen LogP contribution in [0.25, 0.3) is 0 Å². The Morgan fingerprint density at radius 3 is 1.85 bits per heavy atom. The second-order valence-corrected chi connectivity index (χ2v) is 5.45. The standard InChI is InChI=1S/C14H16ClN3O2/c15-5-6-16-9-13(19)17-7-11-3-1-2-4-12(11)8-18(17)14(20)10-16/h1-4H,5-10H2. The lowest BCUT2D eigenvalue weighted by atomic mass is 10.1. The first-order valence-electron chi connectivity index (χ1n) is 6.65. The Hall–Kier alpha value is -1.59. The summed E-state index contributed by atoms with van der Waals surface area (Å²) < 4.78 is 0. The molecule has 0 atom stereocenters. The highest BCUT2D eigenvalue weighted by Gasteiger charge is 2.35. The molecule has 0 radical (unpaired) electrons. The lowest BCUT2D eigenvalue weighted by Gasteiger charge is -2.37. The minimum atomic E-state index is -0.0459. The van der Waals surface area contributed by atoms with E-state index in [1.807, 2.05) is 24.3 Å². The van der Waals surface area contributed by atoms with Gasteiger partial charge >= 0.3 is 0 Å². The van der Waals surface area contributed by atoms with Gasteiger partial charge in [-0.2, -0.15) is 0 Å². The van der Waals surface area contributed by atoms with Crippen LogP contribution in [0.2, 0.25) is 0 Å². The third-order valence-electron chi connectivity index (χ3n) is 3.74. The highest BCUT2D eigenvalue weighted by molar-refractivity contribution is 6.18. The lowest BCUT2D eigenvalue weighted by molar-refractivity contribution is -0.164. The van der Waals surface area contributed by atoms with E-state index in [1.165, 1.54) is 0 Å². The van der Waals surface area contributed by atoms with Gasteiger partial charge in [-0.25, -0.2) is 10.0 Å². The Labute approximate surface area is 122 Å². The van der Waals surface area contributed by atoms with Crippen molar-refractivity contribution in [1.29, 1.82) is 0 Å². The molecule has 6 heteroatoms. The van der Waals surface area contributed by atoms with Crippen LogP contribution in [-0.2, 0) is 22.7 Å². The van der Waals surface area contributed by atoms with Crippen LogP contribution in [-0.4, -0.2) is 52.2 Å². The molecule has 1 saturated heterocycles. The van der Waals surface area contributed by atoms with Crippen molar-refractivity contribution in [3.8, 4) is 0 Å². The average Bonchev–Trinajstić information content (AvgIpc) is 2.55. The molecule has 0 aliphatic carbocycles. The number of carbonyl (C=O) groups excluding carboxylic acids is 2. The Morgan fingerprint density at radius 2 is 1.40 bits per heavy atom. The van der Waals surface area contributed by atoms with Crippen molar-refractivity contribution in [2.45, 2.75) is 13.1 Å². The molecule has 2 aliphatic rings. The summed E-state index contributed by atoms with van der Waals surface area (Å²) >= 11 is 5.72. The molecule has 0 spiro atoms. The van der Waals surface area contributed by atoms with E-state index in [1.54, 1.807) is 14.9 Å². The first-order valence-corrected chi connectivity index (χ1v) is 7.18. The van der Waals surface area contributed by atoms with Gasteiger partial charge in [0.15, 0.2) is 0 Å². The van der Waals surface area contributed by atoms with E-state index in [-0.39, 0.29) is 24.9 Å². The third-order valence-corrected chi connectivity index (χ3v) is 3.91. The largest absolute Gasteiger partial charge is 0.284 e. The smallest absolute Gasteiger partial charge is 0.255 e. The van der Waals surface area contributed by atoms with Crippen molar-refractivity contribution in [1.82, 2.24) is 14.9 Å². The van der Waals surface area contributed by atoms with Crippen LogP contribution < -0.4 is 0 Å². The van der Waals surface area contributed by atoms with E-state index in [9.17, 15) is 9.59 Å². The van der Waals surface area contributed by atoms with Gasteiger partial charge in [0.05, 0.1) is 26.2 Å². The summed E-state index contributed by atoms with van der Waals surface area (Å²) in [7, 11) is 0. The Kier molecular flexibility index (Phi) is 3.63. The maximum atomic E-state index is 12.3. The zero-order chi connectivity index (χ0) is 14.1. The maximum Gasteiger partial charge on any atom is 0.255 e. The molecule has 5 nitrogen and oxygen atoms in total. The number of carbonyl (C=O) groups is 2. The van der Waals surface area contributed by atoms with Gasteiger partial charge in [-0.1, -0.05) is 24.3 Å². The molecule has 0 bridgehead atoms. The number of rotatable bonds is 2. The van der Waals surface area contributed by atoms with Crippen molar-refractivity contribution in [3.63, 3.8) is 0 Å². The predicted octanol–water partition coefficient (Wildman–Crippen LogP) is 0.827. The zero-order valence-corrected chi connectivity index (χ0v) is 11.8. The number of hydrazine groups is 1. The van der Waals surface area contributed by atoms with Crippen LogP contribution >= 0.6 is 11.6 Å². The van der Waals surface area contributed by atoms with Gasteiger partial charge in [0, 0.05) is 12.4 Å². The highest BCUT2D eigenvalue weighted by Crippen LogP contribution is 2.24. The molecule has 20 heavy (non-hydrogen) atoms. The fourth-order valence-corrected chi connectivity index (χ4v) is 2.92. The van der Waals surface area contributed by atoms with Crippen LogP contribution in [0.1, 0.15) is 11.1 Å². The molecule has 2 aliphatic heterocycles. The summed E-state index contributed by atoms with van der Waals surface area (Å²) in [5.41, 5.74) is 2.21. The molecule has 2 amide bonds. The minimum absolute atomic E-state index is 0.0459. The minimum Gasteiger partial charge on any atom is -0.284 e. The number of hydrogen-bond donors (Lipinski definition) is 0. The number of hydrogen-bond acceptors (Lipinski definition) is 3. The van der Waals surface area contributed by atoms with Crippen molar-refractivity contribution < 1.29 is 9.59 Å². The van der Waals surface area contributed by atoms with Crippen LogP contribution in [0.3, 0.4) is 0 Å². The molecule has 0 unspecified atom stereocenters. The first-order chi connectivity index (χ1) is 9.69. The topological polar surface area (TPSA) is 43.9 Å². The second-order valence-electron chi connectivity index (χ2n) is 5.07. The van der Waals surface area contributed by atoms with Crippen molar-refractivity contribution in [2.24, 2.45) is 0 Å². The number of amides is 2. The van der Waals surface area contributed by atoms with Crippen LogP contribution in [0.15, 0.2) is 24.3 Å². The summed E-state index contributed by atoms with van der Waals surface area (Å²) in [5.74, 6) is 0.326. The van der Waals surface area contributed by atoms with Crippen LogP contribution in [0.5, 0.6) is 0 Å². The SMILES string of the molecule is O=C1CN(CCCl)CC(=O)N2Cc3ccccc3CN12. The van der Waals surface area contributed by atoms with Gasteiger partial charge in [0.2, 0.25) is 0 Å². The van der Waals surface area contributed by atoms with E-state index in [4.69, 9.17) is 11.6 Å². The number of halogens is 1. The number of alkyl halides is 1. The molecule has 0 aromatic heterocycles. The Morgan fingerprint density at radius 1 is 0.900 bits per heavy atom. The summed E-state index contributed by atoms with van der Waals surface area (Å²) in [4.78, 5) is 26.5. The number of benzene rings is 1. The summed E-state index contributed by atoms with van der Waals surface area (Å²) in [6.07, 6.45) is 0. The Bertz CT molecular complexity index is 504. The molecule has 1 aromatic rings. The number of fused-ring (bicyclic) bond motifs is 2. The maximum absolute atomic E-state index is 12.3. The number of nitrogens with zero attached hydrogens (tertiary/aromatic N) is 3. The molecule has 1 fully saturated rings. The van der Waals surface area contributed by atoms with E-state index in [0.717, 1.165) is 11.1 Å². The average molecular weight is 294 g/mol. The molecule has 0 N–H and O–H groups in total. The normalized spacial score (nSPS) is 19.6. The third kappa shape index (κ3) is 2.39. The summed E-state index contributed by atoms with van der Waals surface area (Å²) in [5, 5.41) is 3.14. The zero-order valence-electron chi connectivity index (χ0n) is 11.1. The first kappa shape index (κ1) is 13.4. The Balaban J connectivity index is 1.89. The van der Waals surface area contributed by atoms with Crippen LogP contribution in [0, 0.1) is 0 Å². The van der Waals surface area contributed by atoms with E-state index in [0.29, 0.717) is 25.5 Å². The monoisotopic (exact) mass is 293 g/mol. The van der Waals surface area contributed by atoms with Gasteiger partial charge < -0.3 is 0 Å². The van der Waals surface area contributed by atoms with E-state index in [2.05, 4.69) is 0 Å². The molecule has 2 heterocycles. The van der Waals surface area contributed by atoms with Crippen LogP contribution in [0.4, 0.5) is 0 Å². The predicted molar refractivity (Wildman–Crippen MR) is 74.7 cm³/mol. The molecule has 1 aromatic carbocycles. The molecule has 106 valence electrons. The molecular formula is C14H16ClN3O2. The molecule has 0 saturated carbocycles. The summed E-state index contributed by atoms with van der Waals surface area (Å²) in [6.45, 7) is 1.98. The van der Waals surface area contributed by atoms with Crippen molar-refractivity contribution in [3.05, 3.63) is 35.4 Å². The van der Waals surface area contributed by atoms with Gasteiger partial charge in [0.25, 0.3) is 11.8 Å². The fraction of sp³-hybridized carbons (Fsp3) is 0.429. The quantitative estimate of drug-likeness (QED) is 0.759. The fourth-order valence-electron chi connectivity index (χ4n) is 2.68. The van der Waals surface area contributed by atoms with E-state index >= 15 is 0 Å². The highest BCUT2D eigenvalue weighted by atomic mass is 35.5. The van der Waals surface area contributed by atoms with Crippen molar-refractivity contribution >= 4 is 23.4 Å². The van der Waals surface area contributed by atoms with Gasteiger partial charge in [0.1, 0.15) is 0 Å². The summed E-state index contributed by atoms with van der Waals surface area (Å²) in [6, 6.07) is 7.93. The van der Waals surface area contributed by atoms with Gasteiger partial charge in [-0.3, -0.25) is 14.5 Å². The molecule has 3 rings (SSSR count). The lowest BCUT2D eigenvalue weighted by Crippen LogP contribution is -2.50. The molecular weight excluding hydrogens is 278 g/mol. The second kappa shape index (κ2) is 5.42. The van der Waals surface area contributed by atoms with Gasteiger partial charge in [-0.05, 0) is 11.1 Å². The van der Waals surface area contributed by atoms with E-state index < -0.39 is 0 Å². The van der Waals surface area contributed by atoms with Gasteiger partial charge in [-0.15, -0.1) is 11.6 Å².